The summed E-state index contributed by atoms with van der Waals surface area (Å²) in [5.74, 6) is -0.116. The van der Waals surface area contributed by atoms with E-state index in [0.717, 1.165) is 25.7 Å². The predicted molar refractivity (Wildman–Crippen MR) is 46.8 cm³/mol. The number of rotatable bonds is 7. The second kappa shape index (κ2) is 8.53. The molecule has 0 spiro atoms. The van der Waals surface area contributed by atoms with Crippen molar-refractivity contribution in [2.75, 3.05) is 13.2 Å². The lowest BCUT2D eigenvalue weighted by atomic mass is 10.2. The Hall–Kier alpha value is -0.570. The van der Waals surface area contributed by atoms with Crippen LogP contribution in [0.1, 0.15) is 39.0 Å². The molecule has 3 nitrogen and oxygen atoms in total. The van der Waals surface area contributed by atoms with E-state index in [9.17, 15) is 4.79 Å². The van der Waals surface area contributed by atoms with Crippen LogP contribution >= 0.6 is 0 Å². The van der Waals surface area contributed by atoms with Crippen molar-refractivity contribution in [3.63, 3.8) is 0 Å². The minimum atomic E-state index is -0.116. The standard InChI is InChI=1S/C9H18O3/c1-2-8-12-9(11)6-4-3-5-7-10/h10H,2-8H2,1H3. The molecule has 0 amide bonds. The molecule has 0 aromatic rings. The third kappa shape index (κ3) is 7.54. The Kier molecular flexibility index (Phi) is 8.12. The van der Waals surface area contributed by atoms with E-state index in [1.54, 1.807) is 0 Å². The van der Waals surface area contributed by atoms with Gasteiger partial charge in [0, 0.05) is 13.0 Å². The maximum atomic E-state index is 10.9. The molecule has 0 fully saturated rings. The van der Waals surface area contributed by atoms with Crippen LogP contribution < -0.4 is 0 Å². The molecule has 0 rings (SSSR count). The first kappa shape index (κ1) is 11.4. The van der Waals surface area contributed by atoms with Crippen LogP contribution in [0.25, 0.3) is 0 Å². The third-order valence-electron chi connectivity index (χ3n) is 1.51. The summed E-state index contributed by atoms with van der Waals surface area (Å²) in [6, 6.07) is 0. The molecular weight excluding hydrogens is 156 g/mol. The smallest absolute Gasteiger partial charge is 0.305 e. The van der Waals surface area contributed by atoms with Gasteiger partial charge in [0.1, 0.15) is 0 Å². The summed E-state index contributed by atoms with van der Waals surface area (Å²) in [5.41, 5.74) is 0. The second-order valence-electron chi connectivity index (χ2n) is 2.75. The summed E-state index contributed by atoms with van der Waals surface area (Å²) < 4.78 is 4.87. The first-order chi connectivity index (χ1) is 5.81. The highest BCUT2D eigenvalue weighted by molar-refractivity contribution is 5.69. The number of ether oxygens (including phenoxy) is 1. The van der Waals surface area contributed by atoms with Crippen molar-refractivity contribution in [1.29, 1.82) is 0 Å². The molecule has 1 N–H and O–H groups in total. The Morgan fingerprint density at radius 3 is 2.67 bits per heavy atom. The van der Waals surface area contributed by atoms with Gasteiger partial charge in [-0.2, -0.15) is 0 Å². The number of hydrogen-bond acceptors (Lipinski definition) is 3. The zero-order chi connectivity index (χ0) is 9.23. The van der Waals surface area contributed by atoms with E-state index in [2.05, 4.69) is 0 Å². The number of unbranched alkanes of at least 4 members (excludes halogenated alkanes) is 2. The Morgan fingerprint density at radius 1 is 1.33 bits per heavy atom. The highest BCUT2D eigenvalue weighted by Crippen LogP contribution is 2.00. The van der Waals surface area contributed by atoms with Crippen molar-refractivity contribution < 1.29 is 14.6 Å². The fraction of sp³-hybridized carbons (Fsp3) is 0.889. The summed E-state index contributed by atoms with van der Waals surface area (Å²) >= 11 is 0. The topological polar surface area (TPSA) is 46.5 Å². The molecule has 0 radical (unpaired) electrons. The summed E-state index contributed by atoms with van der Waals surface area (Å²) in [7, 11) is 0. The Labute approximate surface area is 73.7 Å². The van der Waals surface area contributed by atoms with Gasteiger partial charge in [-0.25, -0.2) is 0 Å². The molecular formula is C9H18O3. The zero-order valence-corrected chi connectivity index (χ0v) is 7.71. The van der Waals surface area contributed by atoms with Crippen molar-refractivity contribution in [2.45, 2.75) is 39.0 Å². The molecule has 12 heavy (non-hydrogen) atoms. The number of aliphatic hydroxyl groups excluding tert-OH is 1. The molecule has 0 aliphatic heterocycles. The average Bonchev–Trinajstić information content (AvgIpc) is 2.09. The van der Waals surface area contributed by atoms with Crippen LogP contribution in [0.2, 0.25) is 0 Å². The van der Waals surface area contributed by atoms with Crippen molar-refractivity contribution in [3.05, 3.63) is 0 Å². The van der Waals surface area contributed by atoms with Crippen LogP contribution in [-0.2, 0) is 9.53 Å². The van der Waals surface area contributed by atoms with E-state index >= 15 is 0 Å². The van der Waals surface area contributed by atoms with Crippen molar-refractivity contribution in [2.24, 2.45) is 0 Å². The summed E-state index contributed by atoms with van der Waals surface area (Å²) in [6.07, 6.45) is 3.87. The molecule has 0 atom stereocenters. The van der Waals surface area contributed by atoms with Crippen LogP contribution in [0.15, 0.2) is 0 Å². The Balaban J connectivity index is 3.08. The van der Waals surface area contributed by atoms with Gasteiger partial charge in [-0.15, -0.1) is 0 Å². The lowest BCUT2D eigenvalue weighted by Crippen LogP contribution is -2.04. The molecule has 0 heterocycles. The number of hydrogen-bond donors (Lipinski definition) is 1. The van der Waals surface area contributed by atoms with E-state index in [-0.39, 0.29) is 12.6 Å². The van der Waals surface area contributed by atoms with Gasteiger partial charge < -0.3 is 9.84 Å². The molecule has 0 aliphatic carbocycles. The molecule has 0 aromatic carbocycles. The van der Waals surface area contributed by atoms with Crippen LogP contribution in [-0.4, -0.2) is 24.3 Å². The molecule has 0 aromatic heterocycles. The lowest BCUT2D eigenvalue weighted by Gasteiger charge is -2.01. The summed E-state index contributed by atoms with van der Waals surface area (Å²) in [6.45, 7) is 2.71. The first-order valence-electron chi connectivity index (χ1n) is 4.57. The third-order valence-corrected chi connectivity index (χ3v) is 1.51. The molecule has 0 aliphatic rings. The van der Waals surface area contributed by atoms with Gasteiger partial charge in [-0.1, -0.05) is 13.3 Å². The fourth-order valence-electron chi connectivity index (χ4n) is 0.846. The molecule has 0 unspecified atom stereocenters. The maximum absolute atomic E-state index is 10.9. The lowest BCUT2D eigenvalue weighted by molar-refractivity contribution is -0.143. The van der Waals surface area contributed by atoms with E-state index in [1.807, 2.05) is 6.92 Å². The fourth-order valence-corrected chi connectivity index (χ4v) is 0.846. The molecule has 0 bridgehead atoms. The van der Waals surface area contributed by atoms with Gasteiger partial charge in [0.2, 0.25) is 0 Å². The highest BCUT2D eigenvalue weighted by Gasteiger charge is 2.00. The SMILES string of the molecule is CCCOC(=O)CCCCCO. The second-order valence-corrected chi connectivity index (χ2v) is 2.75. The first-order valence-corrected chi connectivity index (χ1v) is 4.57. The number of esters is 1. The number of carbonyl (C=O) groups is 1. The van der Waals surface area contributed by atoms with Gasteiger partial charge in [0.05, 0.1) is 6.61 Å². The molecule has 0 saturated heterocycles. The van der Waals surface area contributed by atoms with Crippen LogP contribution in [0.3, 0.4) is 0 Å². The van der Waals surface area contributed by atoms with Crippen molar-refractivity contribution in [1.82, 2.24) is 0 Å². The molecule has 3 heteroatoms. The van der Waals surface area contributed by atoms with Crippen molar-refractivity contribution >= 4 is 5.97 Å². The molecule has 0 saturated carbocycles. The average molecular weight is 174 g/mol. The predicted octanol–water partition coefficient (Wildman–Crippen LogP) is 1.49. The largest absolute Gasteiger partial charge is 0.466 e. The minimum absolute atomic E-state index is 0.116. The number of carbonyl (C=O) groups excluding carboxylic acids is 1. The Morgan fingerprint density at radius 2 is 2.08 bits per heavy atom. The van der Waals surface area contributed by atoms with Crippen LogP contribution in [0.5, 0.6) is 0 Å². The van der Waals surface area contributed by atoms with Gasteiger partial charge in [-0.05, 0) is 19.3 Å². The van der Waals surface area contributed by atoms with E-state index in [0.29, 0.717) is 13.0 Å². The monoisotopic (exact) mass is 174 g/mol. The number of aliphatic hydroxyl groups is 1. The van der Waals surface area contributed by atoms with Crippen LogP contribution in [0.4, 0.5) is 0 Å². The van der Waals surface area contributed by atoms with E-state index in [4.69, 9.17) is 9.84 Å². The van der Waals surface area contributed by atoms with Gasteiger partial charge in [0.15, 0.2) is 0 Å². The van der Waals surface area contributed by atoms with Gasteiger partial charge in [0.25, 0.3) is 0 Å². The summed E-state index contributed by atoms with van der Waals surface area (Å²) in [5, 5.41) is 8.46. The maximum Gasteiger partial charge on any atom is 0.305 e. The minimum Gasteiger partial charge on any atom is -0.466 e. The Bertz CT molecular complexity index is 112. The van der Waals surface area contributed by atoms with Crippen LogP contribution in [0, 0.1) is 0 Å². The van der Waals surface area contributed by atoms with Crippen molar-refractivity contribution in [3.8, 4) is 0 Å². The van der Waals surface area contributed by atoms with E-state index < -0.39 is 0 Å². The van der Waals surface area contributed by atoms with E-state index in [1.165, 1.54) is 0 Å². The normalized spacial score (nSPS) is 9.83. The quantitative estimate of drug-likeness (QED) is 0.470. The van der Waals surface area contributed by atoms with Gasteiger partial charge >= 0.3 is 5.97 Å². The molecule has 72 valence electrons. The summed E-state index contributed by atoms with van der Waals surface area (Å²) in [4.78, 5) is 10.9. The zero-order valence-electron chi connectivity index (χ0n) is 7.71. The van der Waals surface area contributed by atoms with Gasteiger partial charge in [-0.3, -0.25) is 4.79 Å². The highest BCUT2D eigenvalue weighted by atomic mass is 16.5.